The molecule has 29 heavy (non-hydrogen) atoms. The Balaban J connectivity index is 1.40. The lowest BCUT2D eigenvalue weighted by molar-refractivity contribution is 0.0624. The normalized spacial score (nSPS) is 14.9. The van der Waals surface area contributed by atoms with E-state index in [4.69, 9.17) is 11.6 Å². The van der Waals surface area contributed by atoms with Gasteiger partial charge >= 0.3 is 0 Å². The third kappa shape index (κ3) is 4.47. The number of carbonyl (C=O) groups is 1. The summed E-state index contributed by atoms with van der Waals surface area (Å²) < 4.78 is 15.6. The Hall–Kier alpha value is -2.36. The van der Waals surface area contributed by atoms with E-state index in [1.165, 1.54) is 12.1 Å². The van der Waals surface area contributed by atoms with Crippen molar-refractivity contribution < 1.29 is 9.18 Å². The van der Waals surface area contributed by atoms with Gasteiger partial charge in [0.2, 0.25) is 0 Å². The monoisotopic (exact) mass is 478 g/mol. The van der Waals surface area contributed by atoms with E-state index in [0.717, 1.165) is 4.47 Å². The number of hydrogen-bond acceptors (Lipinski definition) is 5. The van der Waals surface area contributed by atoms with Gasteiger partial charge in [-0.05, 0) is 52.9 Å². The maximum Gasteiger partial charge on any atom is 0.255 e. The van der Waals surface area contributed by atoms with Crippen molar-refractivity contribution in [1.29, 1.82) is 0 Å². The number of carbonyl (C=O) groups excluding carboxylic acids is 1. The molecule has 0 unspecified atom stereocenters. The standard InChI is InChI=1S/C19H17BrClFN6O/c20-13-1-6-17(21)16(11-13)19(29)27-9-7-26(8-10-27)12-18-23-24-25-28(18)15-4-2-14(22)3-5-15/h1-6,11H,7-10,12H2. The van der Waals surface area contributed by atoms with Crippen LogP contribution in [0.2, 0.25) is 5.02 Å². The quantitative estimate of drug-likeness (QED) is 0.575. The number of hydrogen-bond donors (Lipinski definition) is 0. The summed E-state index contributed by atoms with van der Waals surface area (Å²) in [6.45, 7) is 3.07. The molecule has 0 radical (unpaired) electrons. The van der Waals surface area contributed by atoms with Crippen LogP contribution in [0, 0.1) is 5.82 Å². The molecule has 0 N–H and O–H groups in total. The smallest absolute Gasteiger partial charge is 0.255 e. The molecule has 1 aliphatic rings. The zero-order valence-electron chi connectivity index (χ0n) is 15.3. The average Bonchev–Trinajstić information content (AvgIpc) is 3.18. The number of tetrazole rings is 1. The molecule has 2 heterocycles. The summed E-state index contributed by atoms with van der Waals surface area (Å²) >= 11 is 9.57. The van der Waals surface area contributed by atoms with Crippen molar-refractivity contribution in [2.45, 2.75) is 6.54 Å². The molecule has 10 heteroatoms. The van der Waals surface area contributed by atoms with Crippen LogP contribution in [0.1, 0.15) is 16.2 Å². The molecule has 0 atom stereocenters. The van der Waals surface area contributed by atoms with Gasteiger partial charge in [-0.25, -0.2) is 4.39 Å². The van der Waals surface area contributed by atoms with E-state index in [-0.39, 0.29) is 11.7 Å². The van der Waals surface area contributed by atoms with Gasteiger partial charge in [0, 0.05) is 30.7 Å². The first kappa shape index (κ1) is 19.9. The Morgan fingerprint density at radius 3 is 2.55 bits per heavy atom. The first-order valence-corrected chi connectivity index (χ1v) is 10.2. The second-order valence-electron chi connectivity index (χ2n) is 6.68. The molecule has 0 saturated carbocycles. The molecule has 0 aliphatic carbocycles. The van der Waals surface area contributed by atoms with Gasteiger partial charge in [-0.3, -0.25) is 9.69 Å². The van der Waals surface area contributed by atoms with Crippen LogP contribution < -0.4 is 0 Å². The molecule has 0 spiro atoms. The number of rotatable bonds is 4. The predicted octanol–water partition coefficient (Wildman–Crippen LogP) is 3.18. The van der Waals surface area contributed by atoms with Crippen LogP contribution in [0.15, 0.2) is 46.9 Å². The summed E-state index contributed by atoms with van der Waals surface area (Å²) in [4.78, 5) is 16.8. The Kier molecular flexibility index (Phi) is 5.89. The van der Waals surface area contributed by atoms with E-state index < -0.39 is 0 Å². The van der Waals surface area contributed by atoms with Gasteiger partial charge in [0.1, 0.15) is 5.82 Å². The van der Waals surface area contributed by atoms with Crippen molar-refractivity contribution in [3.63, 3.8) is 0 Å². The largest absolute Gasteiger partial charge is 0.336 e. The lowest BCUT2D eigenvalue weighted by Crippen LogP contribution is -2.48. The number of piperazine rings is 1. The topological polar surface area (TPSA) is 67.2 Å². The van der Waals surface area contributed by atoms with E-state index in [9.17, 15) is 9.18 Å². The van der Waals surface area contributed by atoms with Gasteiger partial charge in [0.25, 0.3) is 5.91 Å². The second-order valence-corrected chi connectivity index (χ2v) is 8.00. The van der Waals surface area contributed by atoms with Crippen LogP contribution in [0.4, 0.5) is 4.39 Å². The van der Waals surface area contributed by atoms with Crippen LogP contribution >= 0.6 is 27.5 Å². The molecule has 150 valence electrons. The Labute approximate surface area is 180 Å². The minimum atomic E-state index is -0.310. The maximum atomic E-state index is 13.2. The summed E-state index contributed by atoms with van der Waals surface area (Å²) in [7, 11) is 0. The van der Waals surface area contributed by atoms with E-state index >= 15 is 0 Å². The fourth-order valence-corrected chi connectivity index (χ4v) is 3.79. The van der Waals surface area contributed by atoms with Crippen LogP contribution in [0.5, 0.6) is 0 Å². The van der Waals surface area contributed by atoms with Crippen molar-refractivity contribution in [1.82, 2.24) is 30.0 Å². The highest BCUT2D eigenvalue weighted by atomic mass is 79.9. The van der Waals surface area contributed by atoms with E-state index in [1.807, 2.05) is 6.07 Å². The van der Waals surface area contributed by atoms with Crippen molar-refractivity contribution in [3.05, 3.63) is 69.2 Å². The Morgan fingerprint density at radius 2 is 1.83 bits per heavy atom. The lowest BCUT2D eigenvalue weighted by Gasteiger charge is -2.34. The molecule has 3 aromatic rings. The summed E-state index contributed by atoms with van der Waals surface area (Å²) in [5, 5.41) is 12.3. The minimum Gasteiger partial charge on any atom is -0.336 e. The van der Waals surface area contributed by atoms with E-state index in [1.54, 1.807) is 33.8 Å². The Bertz CT molecular complexity index is 1020. The molecular formula is C19H17BrClFN6O. The molecular weight excluding hydrogens is 463 g/mol. The lowest BCUT2D eigenvalue weighted by atomic mass is 10.2. The number of halogens is 3. The zero-order valence-corrected chi connectivity index (χ0v) is 17.6. The summed E-state index contributed by atoms with van der Waals surface area (Å²) in [5.74, 6) is 0.272. The maximum absolute atomic E-state index is 13.2. The van der Waals surface area contributed by atoms with Crippen LogP contribution in [-0.4, -0.2) is 62.1 Å². The SMILES string of the molecule is O=C(c1cc(Br)ccc1Cl)N1CCN(Cc2nnnn2-c2ccc(F)cc2)CC1. The van der Waals surface area contributed by atoms with Crippen molar-refractivity contribution in [2.75, 3.05) is 26.2 Å². The number of benzene rings is 2. The molecule has 0 bridgehead atoms. The van der Waals surface area contributed by atoms with E-state index in [2.05, 4.69) is 36.4 Å². The summed E-state index contributed by atoms with van der Waals surface area (Å²) in [5.41, 5.74) is 1.19. The molecule has 1 aromatic heterocycles. The first-order chi connectivity index (χ1) is 14.0. The van der Waals surface area contributed by atoms with Gasteiger partial charge in [0.15, 0.2) is 5.82 Å². The second kappa shape index (κ2) is 8.56. The molecule has 1 fully saturated rings. The molecule has 7 nitrogen and oxygen atoms in total. The molecule has 2 aromatic carbocycles. The highest BCUT2D eigenvalue weighted by Crippen LogP contribution is 2.23. The molecule has 1 aliphatic heterocycles. The highest BCUT2D eigenvalue weighted by Gasteiger charge is 2.25. The Morgan fingerprint density at radius 1 is 1.10 bits per heavy atom. The van der Waals surface area contributed by atoms with Crippen molar-refractivity contribution >= 4 is 33.4 Å². The van der Waals surface area contributed by atoms with Gasteiger partial charge < -0.3 is 4.90 Å². The van der Waals surface area contributed by atoms with Crippen LogP contribution in [0.25, 0.3) is 5.69 Å². The number of nitrogens with zero attached hydrogens (tertiary/aromatic N) is 6. The fourth-order valence-electron chi connectivity index (χ4n) is 3.23. The third-order valence-electron chi connectivity index (χ3n) is 4.79. The average molecular weight is 480 g/mol. The molecule has 4 rings (SSSR count). The zero-order chi connectivity index (χ0) is 20.4. The van der Waals surface area contributed by atoms with Gasteiger partial charge in [-0.1, -0.05) is 27.5 Å². The number of amides is 1. The van der Waals surface area contributed by atoms with Gasteiger partial charge in [0.05, 0.1) is 22.8 Å². The van der Waals surface area contributed by atoms with Crippen LogP contribution in [0.3, 0.4) is 0 Å². The number of aromatic nitrogens is 4. The third-order valence-corrected chi connectivity index (χ3v) is 5.61. The fraction of sp³-hybridized carbons (Fsp3) is 0.263. The predicted molar refractivity (Wildman–Crippen MR) is 109 cm³/mol. The van der Waals surface area contributed by atoms with Gasteiger partial charge in [-0.2, -0.15) is 4.68 Å². The molecule has 1 saturated heterocycles. The minimum absolute atomic E-state index is 0.0768. The first-order valence-electron chi connectivity index (χ1n) is 9.01. The van der Waals surface area contributed by atoms with Crippen molar-refractivity contribution in [3.8, 4) is 5.69 Å². The molecule has 1 amide bonds. The van der Waals surface area contributed by atoms with E-state index in [0.29, 0.717) is 54.8 Å². The van der Waals surface area contributed by atoms with Crippen molar-refractivity contribution in [2.24, 2.45) is 0 Å². The summed E-state index contributed by atoms with van der Waals surface area (Å²) in [6.07, 6.45) is 0. The van der Waals surface area contributed by atoms with Gasteiger partial charge in [-0.15, -0.1) is 5.10 Å². The van der Waals surface area contributed by atoms with Crippen LogP contribution in [-0.2, 0) is 6.54 Å². The summed E-state index contributed by atoms with van der Waals surface area (Å²) in [6, 6.07) is 11.3. The highest BCUT2D eigenvalue weighted by molar-refractivity contribution is 9.10.